The lowest BCUT2D eigenvalue weighted by Gasteiger charge is -2.31. The number of fused-ring (bicyclic) bond motifs is 1. The lowest BCUT2D eigenvalue weighted by Crippen LogP contribution is -2.25. The molecule has 0 aliphatic rings. The molecule has 4 rings (SSSR count). The molecule has 2 aromatic carbocycles. The van der Waals surface area contributed by atoms with E-state index in [1.54, 1.807) is 0 Å². The van der Waals surface area contributed by atoms with Crippen LogP contribution in [-0.2, 0) is 13.0 Å². The fourth-order valence-electron chi connectivity index (χ4n) is 4.52. The molecular weight excluding hydrogens is 414 g/mol. The molecule has 0 N–H and O–H groups in total. The van der Waals surface area contributed by atoms with Gasteiger partial charge in [0.25, 0.3) is 0 Å². The van der Waals surface area contributed by atoms with Gasteiger partial charge in [-0.05, 0) is 65.1 Å². The van der Waals surface area contributed by atoms with Crippen LogP contribution in [0.2, 0.25) is 0 Å². The van der Waals surface area contributed by atoms with Gasteiger partial charge in [0.2, 0.25) is 0 Å². The SMILES string of the molecule is C=C(CC(C)(C)C)N(Cc1ccc(-c2ccc(CC)c(C)c2)cc1)c1nccc2cnccc12. The number of rotatable bonds is 7. The van der Waals surface area contributed by atoms with E-state index in [1.807, 2.05) is 30.7 Å². The second-order valence-electron chi connectivity index (χ2n) is 10.3. The summed E-state index contributed by atoms with van der Waals surface area (Å²) in [7, 11) is 0. The van der Waals surface area contributed by atoms with Gasteiger partial charge in [-0.25, -0.2) is 4.98 Å². The Labute approximate surface area is 204 Å². The standard InChI is InChI=1S/C31H35N3/c1-7-25-12-13-27(18-22(25)2)26-10-8-24(9-11-26)21-34(23(3)19-31(4,5)6)30-29-15-16-32-20-28(29)14-17-33-30/h8-18,20H,3,7,19,21H2,1-2,4-6H3. The summed E-state index contributed by atoms with van der Waals surface area (Å²) in [6.45, 7) is 16.3. The van der Waals surface area contributed by atoms with Crippen molar-refractivity contribution < 1.29 is 0 Å². The molecule has 34 heavy (non-hydrogen) atoms. The van der Waals surface area contributed by atoms with Gasteiger partial charge in [0.15, 0.2) is 0 Å². The predicted octanol–water partition coefficient (Wildman–Crippen LogP) is 8.12. The summed E-state index contributed by atoms with van der Waals surface area (Å²) in [6.07, 6.45) is 7.54. The van der Waals surface area contributed by atoms with Gasteiger partial charge >= 0.3 is 0 Å². The zero-order valence-electron chi connectivity index (χ0n) is 21.1. The van der Waals surface area contributed by atoms with Crippen LogP contribution < -0.4 is 4.90 Å². The number of nitrogens with zero attached hydrogens (tertiary/aromatic N) is 3. The van der Waals surface area contributed by atoms with E-state index in [-0.39, 0.29) is 5.41 Å². The van der Waals surface area contributed by atoms with Crippen LogP contribution in [0.5, 0.6) is 0 Å². The molecule has 174 valence electrons. The van der Waals surface area contributed by atoms with Crippen molar-refractivity contribution in [3.63, 3.8) is 0 Å². The number of aromatic nitrogens is 2. The minimum Gasteiger partial charge on any atom is -0.326 e. The van der Waals surface area contributed by atoms with Crippen molar-refractivity contribution in [2.45, 2.75) is 54.0 Å². The molecule has 3 heteroatoms. The Hall–Kier alpha value is -3.46. The zero-order chi connectivity index (χ0) is 24.3. The van der Waals surface area contributed by atoms with Gasteiger partial charge in [-0.3, -0.25) is 4.98 Å². The Morgan fingerprint density at radius 2 is 1.68 bits per heavy atom. The normalized spacial score (nSPS) is 11.6. The lowest BCUT2D eigenvalue weighted by atomic mass is 9.90. The van der Waals surface area contributed by atoms with Crippen LogP contribution in [0.25, 0.3) is 21.9 Å². The summed E-state index contributed by atoms with van der Waals surface area (Å²) in [5.74, 6) is 0.934. The van der Waals surface area contributed by atoms with E-state index in [0.29, 0.717) is 0 Å². The largest absolute Gasteiger partial charge is 0.326 e. The number of benzene rings is 2. The summed E-state index contributed by atoms with van der Waals surface area (Å²) < 4.78 is 0. The Morgan fingerprint density at radius 1 is 0.941 bits per heavy atom. The average molecular weight is 450 g/mol. The van der Waals surface area contributed by atoms with E-state index in [1.165, 1.54) is 27.8 Å². The summed E-state index contributed by atoms with van der Waals surface area (Å²) in [5, 5.41) is 2.18. The molecule has 0 saturated carbocycles. The van der Waals surface area contributed by atoms with Crippen LogP contribution >= 0.6 is 0 Å². The quantitative estimate of drug-likeness (QED) is 0.285. The van der Waals surface area contributed by atoms with Gasteiger partial charge < -0.3 is 4.90 Å². The molecule has 4 aromatic rings. The maximum Gasteiger partial charge on any atom is 0.140 e. The van der Waals surface area contributed by atoms with E-state index >= 15 is 0 Å². The van der Waals surface area contributed by atoms with Gasteiger partial charge in [-0.2, -0.15) is 0 Å². The molecule has 2 heterocycles. The maximum absolute atomic E-state index is 4.78. The molecule has 2 aromatic heterocycles. The monoisotopic (exact) mass is 449 g/mol. The third-order valence-corrected chi connectivity index (χ3v) is 6.27. The molecule has 0 unspecified atom stereocenters. The first-order valence-corrected chi connectivity index (χ1v) is 12.1. The highest BCUT2D eigenvalue weighted by molar-refractivity contribution is 5.92. The molecular formula is C31H35N3. The Balaban J connectivity index is 1.66. The molecule has 0 amide bonds. The minimum absolute atomic E-state index is 0.133. The highest BCUT2D eigenvalue weighted by Gasteiger charge is 2.20. The number of aryl methyl sites for hydroxylation is 2. The van der Waals surface area contributed by atoms with E-state index in [0.717, 1.165) is 41.7 Å². The number of allylic oxidation sites excluding steroid dienone is 1. The van der Waals surface area contributed by atoms with Crippen molar-refractivity contribution in [1.29, 1.82) is 0 Å². The van der Waals surface area contributed by atoms with Crippen LogP contribution in [0, 0.1) is 12.3 Å². The van der Waals surface area contributed by atoms with Crippen molar-refractivity contribution in [1.82, 2.24) is 9.97 Å². The summed E-state index contributed by atoms with van der Waals surface area (Å²) >= 11 is 0. The van der Waals surface area contributed by atoms with E-state index in [2.05, 4.69) is 93.5 Å². The highest BCUT2D eigenvalue weighted by Crippen LogP contribution is 2.33. The third kappa shape index (κ3) is 5.36. The first-order valence-electron chi connectivity index (χ1n) is 12.1. The highest BCUT2D eigenvalue weighted by atomic mass is 15.2. The second kappa shape index (κ2) is 9.80. The van der Waals surface area contributed by atoms with Crippen LogP contribution in [0.1, 0.15) is 50.8 Å². The van der Waals surface area contributed by atoms with Crippen molar-refractivity contribution in [2.75, 3.05) is 4.90 Å². The number of anilines is 1. The van der Waals surface area contributed by atoms with Crippen LogP contribution in [0.4, 0.5) is 5.82 Å². The zero-order valence-corrected chi connectivity index (χ0v) is 21.1. The Kier molecular flexibility index (Phi) is 6.83. The van der Waals surface area contributed by atoms with Crippen molar-refractivity contribution in [3.8, 4) is 11.1 Å². The van der Waals surface area contributed by atoms with Crippen molar-refractivity contribution in [3.05, 3.63) is 102 Å². The molecule has 0 aliphatic heterocycles. The summed E-state index contributed by atoms with van der Waals surface area (Å²) in [4.78, 5) is 11.3. The summed E-state index contributed by atoms with van der Waals surface area (Å²) in [6, 6.07) is 19.7. The van der Waals surface area contributed by atoms with E-state index < -0.39 is 0 Å². The molecule has 0 aliphatic carbocycles. The van der Waals surface area contributed by atoms with Crippen LogP contribution in [0.3, 0.4) is 0 Å². The van der Waals surface area contributed by atoms with Gasteiger partial charge in [-0.1, -0.05) is 76.7 Å². The number of pyridine rings is 2. The Bertz CT molecular complexity index is 1290. The average Bonchev–Trinajstić information content (AvgIpc) is 2.81. The summed E-state index contributed by atoms with van der Waals surface area (Å²) in [5.41, 5.74) is 7.69. The minimum atomic E-state index is 0.133. The van der Waals surface area contributed by atoms with Crippen LogP contribution in [0.15, 0.2) is 85.5 Å². The van der Waals surface area contributed by atoms with Gasteiger partial charge in [-0.15, -0.1) is 0 Å². The molecule has 3 nitrogen and oxygen atoms in total. The fourth-order valence-corrected chi connectivity index (χ4v) is 4.52. The Morgan fingerprint density at radius 3 is 2.35 bits per heavy atom. The van der Waals surface area contributed by atoms with Crippen molar-refractivity contribution >= 4 is 16.6 Å². The molecule has 0 saturated heterocycles. The van der Waals surface area contributed by atoms with Crippen LogP contribution in [-0.4, -0.2) is 9.97 Å². The predicted molar refractivity (Wildman–Crippen MR) is 145 cm³/mol. The lowest BCUT2D eigenvalue weighted by molar-refractivity contribution is 0.404. The van der Waals surface area contributed by atoms with Gasteiger partial charge in [0, 0.05) is 41.6 Å². The van der Waals surface area contributed by atoms with Gasteiger partial charge in [0.1, 0.15) is 5.82 Å². The second-order valence-corrected chi connectivity index (χ2v) is 10.3. The first kappa shape index (κ1) is 23.7. The molecule has 0 fully saturated rings. The van der Waals surface area contributed by atoms with E-state index in [4.69, 9.17) is 4.98 Å². The van der Waals surface area contributed by atoms with Gasteiger partial charge in [0.05, 0.1) is 0 Å². The number of hydrogen-bond donors (Lipinski definition) is 0. The maximum atomic E-state index is 4.78. The molecule has 0 spiro atoms. The smallest absolute Gasteiger partial charge is 0.140 e. The number of hydrogen-bond acceptors (Lipinski definition) is 3. The molecule has 0 atom stereocenters. The van der Waals surface area contributed by atoms with Crippen molar-refractivity contribution in [2.24, 2.45) is 5.41 Å². The van der Waals surface area contributed by atoms with E-state index in [9.17, 15) is 0 Å². The topological polar surface area (TPSA) is 29.0 Å². The third-order valence-electron chi connectivity index (χ3n) is 6.27. The molecule has 0 radical (unpaired) electrons. The first-order chi connectivity index (χ1) is 16.2. The molecule has 0 bridgehead atoms. The fraction of sp³-hybridized carbons (Fsp3) is 0.290.